The maximum Gasteiger partial charge on any atom is 0.119 e. The molecule has 3 heteroatoms. The molecule has 0 saturated heterocycles. The molecule has 1 aliphatic heterocycles. The van der Waals surface area contributed by atoms with Crippen molar-refractivity contribution < 1.29 is 4.74 Å². The SMILES string of the molecule is COC1=CC2=CN=N[C@@H]2C=C1. The number of ether oxygens (including phenoxy) is 1. The van der Waals surface area contributed by atoms with Crippen molar-refractivity contribution in [3.05, 3.63) is 35.8 Å². The maximum atomic E-state index is 5.05. The molecule has 0 saturated carbocycles. The molecule has 1 heterocycles. The quantitative estimate of drug-likeness (QED) is 0.558. The minimum atomic E-state index is 0.133. The average molecular weight is 148 g/mol. The summed E-state index contributed by atoms with van der Waals surface area (Å²) in [5.41, 5.74) is 1.10. The zero-order valence-corrected chi connectivity index (χ0v) is 6.19. The Balaban J connectivity index is 2.29. The molecule has 1 aliphatic carbocycles. The van der Waals surface area contributed by atoms with Gasteiger partial charge in [-0.15, -0.1) is 0 Å². The molecule has 0 unspecified atom stereocenters. The summed E-state index contributed by atoms with van der Waals surface area (Å²) in [5.74, 6) is 0.861. The van der Waals surface area contributed by atoms with Crippen LogP contribution >= 0.6 is 0 Å². The molecule has 3 nitrogen and oxygen atoms in total. The lowest BCUT2D eigenvalue weighted by molar-refractivity contribution is 0.305. The van der Waals surface area contributed by atoms with Gasteiger partial charge in [0.1, 0.15) is 11.8 Å². The smallest absolute Gasteiger partial charge is 0.119 e. The number of nitrogens with zero attached hydrogens (tertiary/aromatic N) is 2. The van der Waals surface area contributed by atoms with Gasteiger partial charge in [0.25, 0.3) is 0 Å². The summed E-state index contributed by atoms with van der Waals surface area (Å²) in [5, 5.41) is 7.78. The van der Waals surface area contributed by atoms with E-state index in [1.165, 1.54) is 0 Å². The summed E-state index contributed by atoms with van der Waals surface area (Å²) in [7, 11) is 1.65. The van der Waals surface area contributed by atoms with E-state index in [9.17, 15) is 0 Å². The van der Waals surface area contributed by atoms with Gasteiger partial charge in [-0.2, -0.15) is 10.2 Å². The summed E-state index contributed by atoms with van der Waals surface area (Å²) in [4.78, 5) is 0. The minimum absolute atomic E-state index is 0.133. The Bertz CT molecular complexity index is 286. The van der Waals surface area contributed by atoms with Gasteiger partial charge in [-0.25, -0.2) is 0 Å². The van der Waals surface area contributed by atoms with Crippen LogP contribution in [0.25, 0.3) is 0 Å². The second-order valence-corrected chi connectivity index (χ2v) is 2.41. The molecule has 11 heavy (non-hydrogen) atoms. The van der Waals surface area contributed by atoms with Crippen molar-refractivity contribution in [2.45, 2.75) is 6.04 Å². The van der Waals surface area contributed by atoms with Crippen LogP contribution in [0, 0.1) is 0 Å². The highest BCUT2D eigenvalue weighted by molar-refractivity contribution is 5.40. The third-order valence-corrected chi connectivity index (χ3v) is 1.73. The molecule has 0 radical (unpaired) electrons. The van der Waals surface area contributed by atoms with E-state index in [-0.39, 0.29) is 6.04 Å². The second-order valence-electron chi connectivity index (χ2n) is 2.41. The predicted molar refractivity (Wildman–Crippen MR) is 41.0 cm³/mol. The van der Waals surface area contributed by atoms with Crippen LogP contribution in [0.15, 0.2) is 46.0 Å². The third-order valence-electron chi connectivity index (χ3n) is 1.73. The van der Waals surface area contributed by atoms with Crippen molar-refractivity contribution in [3.63, 3.8) is 0 Å². The Morgan fingerprint density at radius 1 is 1.55 bits per heavy atom. The zero-order valence-electron chi connectivity index (χ0n) is 6.19. The minimum Gasteiger partial charge on any atom is -0.497 e. The summed E-state index contributed by atoms with van der Waals surface area (Å²) >= 11 is 0. The first kappa shape index (κ1) is 6.34. The molecular formula is C8H8N2O. The Labute approximate surface area is 64.8 Å². The van der Waals surface area contributed by atoms with Crippen molar-refractivity contribution in [3.8, 4) is 0 Å². The number of hydrogen-bond donors (Lipinski definition) is 0. The van der Waals surface area contributed by atoms with E-state index in [0.29, 0.717) is 0 Å². The highest BCUT2D eigenvalue weighted by atomic mass is 16.5. The number of methoxy groups -OCH3 is 1. The summed E-state index contributed by atoms with van der Waals surface area (Å²) in [6, 6.07) is 0.133. The monoisotopic (exact) mass is 148 g/mol. The van der Waals surface area contributed by atoms with Gasteiger partial charge >= 0.3 is 0 Å². The maximum absolute atomic E-state index is 5.05. The summed E-state index contributed by atoms with van der Waals surface area (Å²) in [6.07, 6.45) is 7.59. The highest BCUT2D eigenvalue weighted by Gasteiger charge is 2.16. The second kappa shape index (κ2) is 2.34. The van der Waals surface area contributed by atoms with Crippen LogP contribution in [0.5, 0.6) is 0 Å². The molecule has 0 amide bonds. The van der Waals surface area contributed by atoms with E-state index < -0.39 is 0 Å². The first-order chi connectivity index (χ1) is 5.40. The number of allylic oxidation sites excluding steroid dienone is 1. The Morgan fingerprint density at radius 3 is 3.27 bits per heavy atom. The zero-order chi connectivity index (χ0) is 7.68. The largest absolute Gasteiger partial charge is 0.497 e. The molecule has 56 valence electrons. The lowest BCUT2D eigenvalue weighted by atomic mass is 10.0. The van der Waals surface area contributed by atoms with Gasteiger partial charge in [0.15, 0.2) is 0 Å². The molecule has 1 atom stereocenters. The van der Waals surface area contributed by atoms with Crippen LogP contribution < -0.4 is 0 Å². The molecular weight excluding hydrogens is 140 g/mol. The lowest BCUT2D eigenvalue weighted by Crippen LogP contribution is -2.04. The van der Waals surface area contributed by atoms with Crippen LogP contribution in [-0.4, -0.2) is 13.2 Å². The van der Waals surface area contributed by atoms with Gasteiger partial charge in [-0.3, -0.25) is 0 Å². The van der Waals surface area contributed by atoms with Crippen molar-refractivity contribution in [2.75, 3.05) is 7.11 Å². The van der Waals surface area contributed by atoms with E-state index in [2.05, 4.69) is 10.2 Å². The lowest BCUT2D eigenvalue weighted by Gasteiger charge is -2.09. The normalized spacial score (nSPS) is 26.1. The van der Waals surface area contributed by atoms with E-state index in [0.717, 1.165) is 11.3 Å². The molecule has 0 spiro atoms. The summed E-state index contributed by atoms with van der Waals surface area (Å²) in [6.45, 7) is 0. The first-order valence-electron chi connectivity index (χ1n) is 3.44. The Kier molecular flexibility index (Phi) is 1.35. The topological polar surface area (TPSA) is 34.0 Å². The molecule has 2 rings (SSSR count). The Hall–Kier alpha value is -1.38. The fourth-order valence-electron chi connectivity index (χ4n) is 1.11. The first-order valence-corrected chi connectivity index (χ1v) is 3.44. The molecule has 0 aromatic carbocycles. The molecule has 0 aromatic heterocycles. The van der Waals surface area contributed by atoms with Crippen LogP contribution in [-0.2, 0) is 4.74 Å². The molecule has 0 fully saturated rings. The third kappa shape index (κ3) is 0.981. The number of rotatable bonds is 1. The van der Waals surface area contributed by atoms with E-state index in [4.69, 9.17) is 4.74 Å². The fourth-order valence-corrected chi connectivity index (χ4v) is 1.11. The van der Waals surface area contributed by atoms with E-state index in [1.54, 1.807) is 13.3 Å². The standard InChI is InChI=1S/C8H8N2O/c1-11-7-2-3-8-6(4-7)5-9-10-8/h2-5,8H,1H3/t8-/m1/s1. The van der Waals surface area contributed by atoms with E-state index >= 15 is 0 Å². The predicted octanol–water partition coefficient (Wildman–Crippen LogP) is 1.80. The Morgan fingerprint density at radius 2 is 2.45 bits per heavy atom. The van der Waals surface area contributed by atoms with Gasteiger partial charge in [0.2, 0.25) is 0 Å². The average Bonchev–Trinajstić information content (AvgIpc) is 2.50. The number of hydrogen-bond acceptors (Lipinski definition) is 3. The number of azo groups is 1. The van der Waals surface area contributed by atoms with Crippen LogP contribution in [0.2, 0.25) is 0 Å². The molecule has 0 bridgehead atoms. The van der Waals surface area contributed by atoms with Crippen LogP contribution in [0.4, 0.5) is 0 Å². The molecule has 2 aliphatic rings. The van der Waals surface area contributed by atoms with Gasteiger partial charge in [-0.1, -0.05) is 6.08 Å². The van der Waals surface area contributed by atoms with Crippen molar-refractivity contribution in [1.82, 2.24) is 0 Å². The van der Waals surface area contributed by atoms with Crippen molar-refractivity contribution in [1.29, 1.82) is 0 Å². The van der Waals surface area contributed by atoms with Gasteiger partial charge in [0.05, 0.1) is 13.3 Å². The van der Waals surface area contributed by atoms with Crippen molar-refractivity contribution in [2.24, 2.45) is 10.2 Å². The summed E-state index contributed by atoms with van der Waals surface area (Å²) < 4.78 is 5.05. The van der Waals surface area contributed by atoms with Crippen molar-refractivity contribution >= 4 is 0 Å². The van der Waals surface area contributed by atoms with E-state index in [1.807, 2.05) is 18.2 Å². The van der Waals surface area contributed by atoms with Crippen LogP contribution in [0.3, 0.4) is 0 Å². The van der Waals surface area contributed by atoms with Gasteiger partial charge in [0, 0.05) is 5.57 Å². The highest BCUT2D eigenvalue weighted by Crippen LogP contribution is 2.23. The fraction of sp³-hybridized carbons (Fsp3) is 0.250. The molecule has 0 N–H and O–H groups in total. The van der Waals surface area contributed by atoms with Crippen LogP contribution in [0.1, 0.15) is 0 Å². The molecule has 0 aromatic rings. The number of fused-ring (bicyclic) bond motifs is 1. The van der Waals surface area contributed by atoms with Gasteiger partial charge < -0.3 is 4.74 Å². The van der Waals surface area contributed by atoms with Gasteiger partial charge in [-0.05, 0) is 12.2 Å².